The summed E-state index contributed by atoms with van der Waals surface area (Å²) in [4.78, 5) is 39.7. The van der Waals surface area contributed by atoms with E-state index in [1.807, 2.05) is 39.4 Å². The highest BCUT2D eigenvalue weighted by molar-refractivity contribution is 7.45. The second kappa shape index (κ2) is 48.6. The van der Waals surface area contributed by atoms with E-state index in [2.05, 4.69) is 99.0 Å². The Morgan fingerprint density at radius 2 is 0.957 bits per heavy atom. The molecule has 0 saturated heterocycles. The molecule has 0 radical (unpaired) electrons. The van der Waals surface area contributed by atoms with Crippen molar-refractivity contribution in [2.75, 3.05) is 40.9 Å². The topological polar surface area (TPSA) is 114 Å². The second-order valence-electron chi connectivity index (χ2n) is 19.3. The van der Waals surface area contributed by atoms with Gasteiger partial charge in [0.2, 0.25) is 5.91 Å². The summed E-state index contributed by atoms with van der Waals surface area (Å²) in [6.07, 6.45) is 63.9. The summed E-state index contributed by atoms with van der Waals surface area (Å²) in [7, 11) is 1.13. The third kappa shape index (κ3) is 49.7. The second-order valence-corrected chi connectivity index (χ2v) is 20.8. The molecule has 3 atom stereocenters. The highest BCUT2D eigenvalue weighted by atomic mass is 31.2. The van der Waals surface area contributed by atoms with E-state index in [1.54, 1.807) is 6.08 Å². The SMILES string of the molecule is CC/C=C\C/C=C\C/C=C\C/C=C\C/C=C\C/C=C\CCC(=O)OC(/C=C\CCCCCCCCCCCCC)C(COP(=O)([O-])OCC[N+](C)(C)C)NC(=O)CCCCCCC/C=C\CCCC. The summed E-state index contributed by atoms with van der Waals surface area (Å²) < 4.78 is 30.1. The van der Waals surface area contributed by atoms with E-state index in [0.29, 0.717) is 23.9 Å². The van der Waals surface area contributed by atoms with Crippen LogP contribution in [-0.4, -0.2) is 69.4 Å². The van der Waals surface area contributed by atoms with Crippen LogP contribution in [0.25, 0.3) is 0 Å². The molecule has 0 aromatic heterocycles. The summed E-state index contributed by atoms with van der Waals surface area (Å²) in [5.74, 6) is -0.658. The zero-order valence-corrected chi connectivity index (χ0v) is 45.9. The molecule has 0 rings (SSSR count). The Labute approximate surface area is 424 Å². The van der Waals surface area contributed by atoms with Gasteiger partial charge in [0.25, 0.3) is 7.82 Å². The van der Waals surface area contributed by atoms with E-state index in [4.69, 9.17) is 13.8 Å². The molecule has 0 aromatic carbocycles. The van der Waals surface area contributed by atoms with Gasteiger partial charge < -0.3 is 28.5 Å². The molecular formula is C59H103N2O7P. The monoisotopic (exact) mass is 983 g/mol. The lowest BCUT2D eigenvalue weighted by Crippen LogP contribution is -2.47. The number of ether oxygens (including phenoxy) is 1. The van der Waals surface area contributed by atoms with Crippen LogP contribution in [0.3, 0.4) is 0 Å². The zero-order valence-electron chi connectivity index (χ0n) is 45.0. The first-order valence-electron chi connectivity index (χ1n) is 27.5. The van der Waals surface area contributed by atoms with E-state index >= 15 is 0 Å². The first-order valence-corrected chi connectivity index (χ1v) is 29.0. The van der Waals surface area contributed by atoms with Gasteiger partial charge in [-0.2, -0.15) is 0 Å². The molecule has 0 fully saturated rings. The van der Waals surface area contributed by atoms with Crippen molar-refractivity contribution < 1.29 is 37.3 Å². The number of unbranched alkanes of at least 4 members (excludes halogenated alkanes) is 18. The number of amides is 1. The number of nitrogens with one attached hydrogen (secondary N) is 1. The lowest BCUT2D eigenvalue weighted by Gasteiger charge is -2.30. The number of phosphoric ester groups is 1. The van der Waals surface area contributed by atoms with Gasteiger partial charge in [0, 0.05) is 12.8 Å². The molecule has 69 heavy (non-hydrogen) atoms. The molecule has 9 nitrogen and oxygen atoms in total. The van der Waals surface area contributed by atoms with Crippen LogP contribution in [0.2, 0.25) is 0 Å². The molecule has 1 amide bonds. The van der Waals surface area contributed by atoms with Crippen LogP contribution in [0.4, 0.5) is 0 Å². The lowest BCUT2D eigenvalue weighted by molar-refractivity contribution is -0.870. The van der Waals surface area contributed by atoms with Gasteiger partial charge in [-0.3, -0.25) is 14.2 Å². The van der Waals surface area contributed by atoms with Crippen molar-refractivity contribution in [1.82, 2.24) is 5.32 Å². The number of likely N-dealkylation sites (N-methyl/N-ethyl adjacent to an activating group) is 1. The number of hydrogen-bond donors (Lipinski definition) is 1. The van der Waals surface area contributed by atoms with E-state index in [-0.39, 0.29) is 25.4 Å². The van der Waals surface area contributed by atoms with Gasteiger partial charge in [-0.25, -0.2) is 0 Å². The maximum Gasteiger partial charge on any atom is 0.306 e. The maximum atomic E-state index is 13.4. The van der Waals surface area contributed by atoms with Gasteiger partial charge in [-0.05, 0) is 89.5 Å². The van der Waals surface area contributed by atoms with E-state index < -0.39 is 32.5 Å². The van der Waals surface area contributed by atoms with Crippen LogP contribution in [-0.2, 0) is 27.9 Å². The number of phosphoric acid groups is 1. The molecule has 0 aliphatic rings. The lowest BCUT2D eigenvalue weighted by atomic mass is 10.0. The molecular weight excluding hydrogens is 880 g/mol. The van der Waals surface area contributed by atoms with Crippen molar-refractivity contribution in [3.05, 3.63) is 97.2 Å². The third-order valence-electron chi connectivity index (χ3n) is 11.5. The highest BCUT2D eigenvalue weighted by Crippen LogP contribution is 2.38. The van der Waals surface area contributed by atoms with Gasteiger partial charge in [0.05, 0.1) is 33.8 Å². The third-order valence-corrected chi connectivity index (χ3v) is 12.5. The molecule has 3 unspecified atom stereocenters. The Bertz CT molecular complexity index is 1510. The average Bonchev–Trinajstić information content (AvgIpc) is 3.31. The summed E-state index contributed by atoms with van der Waals surface area (Å²) in [5.41, 5.74) is 0. The normalized spacial score (nSPS) is 14.6. The van der Waals surface area contributed by atoms with Crippen LogP contribution < -0.4 is 10.2 Å². The fourth-order valence-corrected chi connectivity index (χ4v) is 7.96. The van der Waals surface area contributed by atoms with Crippen LogP contribution in [0.5, 0.6) is 0 Å². The molecule has 0 heterocycles. The Balaban J connectivity index is 5.52. The minimum atomic E-state index is -4.71. The standard InChI is InChI=1S/C59H103N2O7P/c1-7-10-13-16-19-22-25-27-28-29-30-31-32-34-37-40-43-46-49-52-59(63)68-57(50-47-44-41-38-36-33-26-23-20-17-14-11-8-2)56(55-67-69(64,65)66-54-53-61(4,5)6)60-58(62)51-48-45-42-39-35-24-21-18-15-12-9-3/h10,13,18-19,21-22,27-28,30-31,34,37,43,46-47,50,56-57H,7-9,11-12,14-17,20,23-26,29,32-33,35-36,38-42,44-45,48-49,51-55H2,1-6H3,(H-,60,62,64,65)/b13-10-,21-18-,22-19-,28-27-,31-30-,37-34-,46-43-,50-47-. The summed E-state index contributed by atoms with van der Waals surface area (Å²) in [5, 5.41) is 2.98. The first-order chi connectivity index (χ1) is 33.4. The van der Waals surface area contributed by atoms with Gasteiger partial charge in [-0.1, -0.05) is 208 Å². The fourth-order valence-electron chi connectivity index (χ4n) is 7.23. The molecule has 0 aliphatic carbocycles. The van der Waals surface area contributed by atoms with Gasteiger partial charge >= 0.3 is 5.97 Å². The Morgan fingerprint density at radius 3 is 1.46 bits per heavy atom. The zero-order chi connectivity index (χ0) is 50.8. The molecule has 396 valence electrons. The van der Waals surface area contributed by atoms with Crippen molar-refractivity contribution in [2.45, 2.75) is 226 Å². The first kappa shape index (κ1) is 65.9. The molecule has 0 saturated carbocycles. The number of quaternary nitrogens is 1. The minimum absolute atomic E-state index is 0.0394. The number of esters is 1. The highest BCUT2D eigenvalue weighted by Gasteiger charge is 2.27. The van der Waals surface area contributed by atoms with Crippen LogP contribution >= 0.6 is 7.82 Å². The molecule has 10 heteroatoms. The van der Waals surface area contributed by atoms with E-state index in [1.165, 1.54) is 70.6 Å². The van der Waals surface area contributed by atoms with E-state index in [9.17, 15) is 19.0 Å². The number of rotatable bonds is 48. The van der Waals surface area contributed by atoms with E-state index in [0.717, 1.165) is 96.3 Å². The van der Waals surface area contributed by atoms with Crippen molar-refractivity contribution in [1.29, 1.82) is 0 Å². The average molecular weight is 983 g/mol. The van der Waals surface area contributed by atoms with Gasteiger partial charge in [-0.15, -0.1) is 0 Å². The predicted molar refractivity (Wildman–Crippen MR) is 293 cm³/mol. The van der Waals surface area contributed by atoms with Crippen molar-refractivity contribution in [3.8, 4) is 0 Å². The predicted octanol–water partition coefficient (Wildman–Crippen LogP) is 15.8. The van der Waals surface area contributed by atoms with Gasteiger partial charge in [0.1, 0.15) is 19.3 Å². The summed E-state index contributed by atoms with van der Waals surface area (Å²) in [6, 6.07) is -0.926. The Hall–Kier alpha value is -3.07. The maximum absolute atomic E-state index is 13.4. The smallest absolute Gasteiger partial charge is 0.306 e. The number of carbonyl (C=O) groups is 2. The molecule has 0 aromatic rings. The number of carbonyl (C=O) groups excluding carboxylic acids is 2. The van der Waals surface area contributed by atoms with Gasteiger partial charge in [0.15, 0.2) is 0 Å². The molecule has 0 bridgehead atoms. The quantitative estimate of drug-likeness (QED) is 0.0212. The fraction of sp³-hybridized carbons (Fsp3) is 0.695. The van der Waals surface area contributed by atoms with Crippen LogP contribution in [0.15, 0.2) is 97.2 Å². The van der Waals surface area contributed by atoms with Crippen molar-refractivity contribution >= 4 is 19.7 Å². The van der Waals surface area contributed by atoms with Crippen molar-refractivity contribution in [2.24, 2.45) is 0 Å². The Kier molecular flexibility index (Phi) is 46.4. The molecule has 1 N–H and O–H groups in total. The van der Waals surface area contributed by atoms with Crippen LogP contribution in [0.1, 0.15) is 213 Å². The number of nitrogens with zero attached hydrogens (tertiary/aromatic N) is 1. The summed E-state index contributed by atoms with van der Waals surface area (Å²) >= 11 is 0. The largest absolute Gasteiger partial charge is 0.756 e. The number of hydrogen-bond acceptors (Lipinski definition) is 7. The summed E-state index contributed by atoms with van der Waals surface area (Å²) in [6.45, 7) is 6.61. The van der Waals surface area contributed by atoms with Crippen LogP contribution in [0, 0.1) is 0 Å². The Morgan fingerprint density at radius 1 is 0.522 bits per heavy atom. The molecule has 0 spiro atoms. The van der Waals surface area contributed by atoms with Crippen molar-refractivity contribution in [3.63, 3.8) is 0 Å². The molecule has 0 aliphatic heterocycles. The minimum Gasteiger partial charge on any atom is -0.756 e. The number of allylic oxidation sites excluding steroid dienone is 15.